The van der Waals surface area contributed by atoms with E-state index in [0.29, 0.717) is 6.54 Å². The molecule has 0 saturated carbocycles. The molecule has 0 aliphatic rings. The van der Waals surface area contributed by atoms with Gasteiger partial charge < -0.3 is 9.67 Å². The third-order valence-corrected chi connectivity index (χ3v) is 2.40. The number of hydrogen-bond acceptors (Lipinski definition) is 3. The quantitative estimate of drug-likeness (QED) is 0.812. The van der Waals surface area contributed by atoms with Gasteiger partial charge in [-0.3, -0.25) is 5.32 Å². The Morgan fingerprint density at radius 1 is 1.41 bits per heavy atom. The van der Waals surface area contributed by atoms with E-state index < -0.39 is 12.1 Å². The molecule has 88 valence electrons. The van der Waals surface area contributed by atoms with Gasteiger partial charge in [-0.15, -0.1) is 0 Å². The van der Waals surface area contributed by atoms with E-state index in [1.165, 1.54) is 10.9 Å². The first kappa shape index (κ1) is 11.3. The molecular weight excluding hydrogens is 218 g/mol. The second kappa shape index (κ2) is 5.27. The van der Waals surface area contributed by atoms with E-state index in [4.69, 9.17) is 5.11 Å². The van der Waals surface area contributed by atoms with Crippen molar-refractivity contribution < 1.29 is 9.90 Å². The number of hydrogen-bond donors (Lipinski definition) is 2. The number of carboxylic acids is 1. The predicted molar refractivity (Wildman–Crippen MR) is 62.2 cm³/mol. The lowest BCUT2D eigenvalue weighted by atomic mass is 10.2. The number of aromatic nitrogens is 2. The largest absolute Gasteiger partial charge is 0.479 e. The minimum Gasteiger partial charge on any atom is -0.479 e. The number of nitrogens with one attached hydrogen (secondary N) is 1. The maximum atomic E-state index is 11.1. The fourth-order valence-electron chi connectivity index (χ4n) is 1.55. The molecule has 0 radical (unpaired) electrons. The Kier molecular flexibility index (Phi) is 3.52. The van der Waals surface area contributed by atoms with Crippen LogP contribution >= 0.6 is 0 Å². The van der Waals surface area contributed by atoms with Gasteiger partial charge >= 0.3 is 5.97 Å². The van der Waals surface area contributed by atoms with Gasteiger partial charge in [0.2, 0.25) is 0 Å². The molecule has 0 saturated heterocycles. The number of carbonyl (C=O) groups is 1. The summed E-state index contributed by atoms with van der Waals surface area (Å²) in [4.78, 5) is 14.9. The van der Waals surface area contributed by atoms with Crippen LogP contribution in [0.3, 0.4) is 0 Å². The lowest BCUT2D eigenvalue weighted by Crippen LogP contribution is -2.32. The van der Waals surface area contributed by atoms with Crippen molar-refractivity contribution in [3.63, 3.8) is 0 Å². The molecule has 1 heterocycles. The average Bonchev–Trinajstić information content (AvgIpc) is 2.84. The first-order valence-corrected chi connectivity index (χ1v) is 5.25. The molecule has 0 aliphatic carbocycles. The molecule has 0 fully saturated rings. The summed E-state index contributed by atoms with van der Waals surface area (Å²) in [6.07, 6.45) is 3.87. The van der Waals surface area contributed by atoms with E-state index in [-0.39, 0.29) is 0 Å². The smallest absolute Gasteiger partial charge is 0.341 e. The Morgan fingerprint density at radius 2 is 2.18 bits per heavy atom. The van der Waals surface area contributed by atoms with Gasteiger partial charge in [-0.25, -0.2) is 9.78 Å². The molecular formula is C12H13N3O2. The van der Waals surface area contributed by atoms with E-state index in [0.717, 1.165) is 5.56 Å². The van der Waals surface area contributed by atoms with Crippen molar-refractivity contribution in [2.75, 3.05) is 0 Å². The molecule has 1 aromatic heterocycles. The highest BCUT2D eigenvalue weighted by Crippen LogP contribution is 2.05. The van der Waals surface area contributed by atoms with Gasteiger partial charge in [0.05, 0.1) is 6.33 Å². The first-order valence-electron chi connectivity index (χ1n) is 5.25. The molecule has 1 unspecified atom stereocenters. The maximum Gasteiger partial charge on any atom is 0.341 e. The molecule has 2 rings (SSSR count). The number of nitrogens with zero attached hydrogens (tertiary/aromatic N) is 2. The van der Waals surface area contributed by atoms with Crippen molar-refractivity contribution in [2.24, 2.45) is 0 Å². The van der Waals surface area contributed by atoms with Crippen molar-refractivity contribution >= 4 is 5.97 Å². The van der Waals surface area contributed by atoms with Crippen LogP contribution in [0.5, 0.6) is 0 Å². The monoisotopic (exact) mass is 231 g/mol. The zero-order valence-corrected chi connectivity index (χ0v) is 9.15. The number of benzene rings is 1. The summed E-state index contributed by atoms with van der Waals surface area (Å²) in [5.41, 5.74) is 1.04. The van der Waals surface area contributed by atoms with E-state index in [2.05, 4.69) is 10.3 Å². The predicted octanol–water partition coefficient (Wildman–Crippen LogP) is 1.26. The van der Waals surface area contributed by atoms with Crippen LogP contribution < -0.4 is 5.32 Å². The summed E-state index contributed by atoms with van der Waals surface area (Å²) >= 11 is 0. The summed E-state index contributed by atoms with van der Waals surface area (Å²) in [7, 11) is 0. The highest BCUT2D eigenvalue weighted by atomic mass is 16.4. The molecule has 17 heavy (non-hydrogen) atoms. The molecule has 0 aliphatic heterocycles. The van der Waals surface area contributed by atoms with Crippen molar-refractivity contribution in [2.45, 2.75) is 12.7 Å². The molecule has 0 spiro atoms. The number of carboxylic acid groups (broad SMARTS) is 1. The SMILES string of the molecule is O=C(O)C(NCc1ccccc1)n1ccnc1. The number of aliphatic carboxylic acids is 1. The fraction of sp³-hybridized carbons (Fsp3) is 0.167. The lowest BCUT2D eigenvalue weighted by molar-refractivity contribution is -0.142. The molecule has 1 atom stereocenters. The third kappa shape index (κ3) is 2.92. The van der Waals surface area contributed by atoms with Crippen LogP contribution in [0.4, 0.5) is 0 Å². The minimum absolute atomic E-state index is 0.496. The van der Waals surface area contributed by atoms with Crippen LogP contribution in [-0.4, -0.2) is 20.6 Å². The zero-order valence-electron chi connectivity index (χ0n) is 9.15. The fourth-order valence-corrected chi connectivity index (χ4v) is 1.55. The summed E-state index contributed by atoms with van der Waals surface area (Å²) in [5, 5.41) is 12.1. The Morgan fingerprint density at radius 3 is 2.76 bits per heavy atom. The summed E-state index contributed by atoms with van der Waals surface area (Å²) in [6, 6.07) is 9.65. The topological polar surface area (TPSA) is 67.2 Å². The summed E-state index contributed by atoms with van der Waals surface area (Å²) < 4.78 is 1.52. The van der Waals surface area contributed by atoms with E-state index >= 15 is 0 Å². The van der Waals surface area contributed by atoms with Crippen molar-refractivity contribution in [3.05, 3.63) is 54.6 Å². The van der Waals surface area contributed by atoms with Gasteiger partial charge in [0.15, 0.2) is 6.17 Å². The normalized spacial score (nSPS) is 12.2. The van der Waals surface area contributed by atoms with Gasteiger partial charge in [-0.2, -0.15) is 0 Å². The molecule has 2 aromatic rings. The number of rotatable bonds is 5. The van der Waals surface area contributed by atoms with Gasteiger partial charge in [0.1, 0.15) is 0 Å². The zero-order chi connectivity index (χ0) is 12.1. The van der Waals surface area contributed by atoms with Crippen LogP contribution in [0.2, 0.25) is 0 Å². The Bertz CT molecular complexity index is 468. The minimum atomic E-state index is -0.932. The summed E-state index contributed by atoms with van der Waals surface area (Å²) in [5.74, 6) is -0.932. The Hall–Kier alpha value is -2.14. The standard InChI is InChI=1S/C12H13N3O2/c16-12(17)11(15-7-6-13-9-15)14-8-10-4-2-1-3-5-10/h1-7,9,11,14H,8H2,(H,16,17). The molecule has 5 nitrogen and oxygen atoms in total. The second-order valence-electron chi connectivity index (χ2n) is 3.62. The Balaban J connectivity index is 2.03. The van der Waals surface area contributed by atoms with Gasteiger partial charge in [0, 0.05) is 18.9 Å². The van der Waals surface area contributed by atoms with E-state index in [1.807, 2.05) is 30.3 Å². The van der Waals surface area contributed by atoms with Crippen molar-refractivity contribution in [1.29, 1.82) is 0 Å². The lowest BCUT2D eigenvalue weighted by Gasteiger charge is -2.15. The van der Waals surface area contributed by atoms with E-state index in [9.17, 15) is 4.79 Å². The van der Waals surface area contributed by atoms with E-state index in [1.54, 1.807) is 12.4 Å². The van der Waals surface area contributed by atoms with Gasteiger partial charge in [0.25, 0.3) is 0 Å². The maximum absolute atomic E-state index is 11.1. The molecule has 2 N–H and O–H groups in total. The molecule has 0 amide bonds. The van der Waals surface area contributed by atoms with Crippen LogP contribution in [0.15, 0.2) is 49.1 Å². The van der Waals surface area contributed by atoms with Crippen LogP contribution in [0.1, 0.15) is 11.7 Å². The van der Waals surface area contributed by atoms with Gasteiger partial charge in [-0.05, 0) is 5.56 Å². The van der Waals surface area contributed by atoms with Crippen molar-refractivity contribution in [3.8, 4) is 0 Å². The molecule has 0 bridgehead atoms. The van der Waals surface area contributed by atoms with Crippen LogP contribution in [0.25, 0.3) is 0 Å². The second-order valence-corrected chi connectivity index (χ2v) is 3.62. The third-order valence-electron chi connectivity index (χ3n) is 2.40. The Labute approximate surface area is 98.7 Å². The van der Waals surface area contributed by atoms with Crippen LogP contribution in [0, 0.1) is 0 Å². The number of imidazole rings is 1. The summed E-state index contributed by atoms with van der Waals surface area (Å²) in [6.45, 7) is 0.496. The van der Waals surface area contributed by atoms with Crippen molar-refractivity contribution in [1.82, 2.24) is 14.9 Å². The molecule has 1 aromatic carbocycles. The van der Waals surface area contributed by atoms with Gasteiger partial charge in [-0.1, -0.05) is 30.3 Å². The average molecular weight is 231 g/mol. The highest BCUT2D eigenvalue weighted by molar-refractivity contribution is 5.71. The molecule has 5 heteroatoms. The highest BCUT2D eigenvalue weighted by Gasteiger charge is 2.17. The van der Waals surface area contributed by atoms with Crippen LogP contribution in [-0.2, 0) is 11.3 Å². The first-order chi connectivity index (χ1) is 8.27.